The summed E-state index contributed by atoms with van der Waals surface area (Å²) in [7, 11) is 0. The second-order valence-corrected chi connectivity index (χ2v) is 4.94. The highest BCUT2D eigenvalue weighted by Gasteiger charge is 2.44. The highest BCUT2D eigenvalue weighted by Crippen LogP contribution is 2.27. The lowest BCUT2D eigenvalue weighted by Crippen LogP contribution is -2.42. The van der Waals surface area contributed by atoms with E-state index in [-0.39, 0.29) is 0 Å². The fourth-order valence-electron chi connectivity index (χ4n) is 2.47. The summed E-state index contributed by atoms with van der Waals surface area (Å²) in [6.45, 7) is 7.40. The first-order chi connectivity index (χ1) is 7.62. The molecule has 0 atom stereocenters. The van der Waals surface area contributed by atoms with Crippen LogP contribution in [0.3, 0.4) is 0 Å². The Labute approximate surface area is 99.7 Å². The number of carbonyl (C=O) groups excluding carboxylic acids is 1. The molecule has 1 heterocycles. The molecule has 0 N–H and O–H groups in total. The van der Waals surface area contributed by atoms with Crippen LogP contribution < -0.4 is 0 Å². The number of hydrogen-bond acceptors (Lipinski definition) is 1. The molecule has 0 aromatic heterocycles. The lowest BCUT2D eigenvalue weighted by atomic mass is 9.49. The third-order valence-corrected chi connectivity index (χ3v) is 3.20. The van der Waals surface area contributed by atoms with Crippen molar-refractivity contribution in [3.63, 3.8) is 0 Å². The minimum absolute atomic E-state index is 1.01. The first-order valence-corrected chi connectivity index (χ1v) is 6.69. The van der Waals surface area contributed by atoms with E-state index in [1.807, 2.05) is 19.9 Å². The van der Waals surface area contributed by atoms with E-state index in [1.165, 1.54) is 25.7 Å². The molecular formula is C13H25BO2. The second-order valence-electron chi connectivity index (χ2n) is 4.94. The van der Waals surface area contributed by atoms with Crippen LogP contribution in [0.5, 0.6) is 0 Å². The Morgan fingerprint density at radius 1 is 1.12 bits per heavy atom. The predicted octanol–water partition coefficient (Wildman–Crippen LogP) is 4.09. The molecule has 3 heteroatoms. The molecule has 0 aromatic rings. The van der Waals surface area contributed by atoms with Crippen molar-refractivity contribution in [3.05, 3.63) is 11.8 Å². The van der Waals surface area contributed by atoms with Crippen molar-refractivity contribution < 1.29 is 9.00 Å². The lowest BCUT2D eigenvalue weighted by Gasteiger charge is -2.30. The van der Waals surface area contributed by atoms with Gasteiger partial charge < -0.3 is 9.00 Å². The van der Waals surface area contributed by atoms with Gasteiger partial charge in [0.1, 0.15) is 0 Å². The van der Waals surface area contributed by atoms with E-state index in [0.29, 0.717) is 0 Å². The summed E-state index contributed by atoms with van der Waals surface area (Å²) in [4.78, 5) is 0. The van der Waals surface area contributed by atoms with Gasteiger partial charge in [0, 0.05) is 6.92 Å². The highest BCUT2D eigenvalue weighted by atomic mass is 16.6. The molecule has 1 aliphatic rings. The van der Waals surface area contributed by atoms with Crippen LogP contribution in [0.15, 0.2) is 11.8 Å². The van der Waals surface area contributed by atoms with Crippen molar-refractivity contribution >= 4 is 12.3 Å². The molecule has 1 rings (SSSR count). The Morgan fingerprint density at radius 3 is 2.12 bits per heavy atom. The van der Waals surface area contributed by atoms with E-state index < -0.39 is 6.55 Å². The van der Waals surface area contributed by atoms with Gasteiger partial charge in [0.05, 0.1) is 11.8 Å². The zero-order chi connectivity index (χ0) is 12.0. The lowest BCUT2D eigenvalue weighted by molar-refractivity contribution is -0.334. The van der Waals surface area contributed by atoms with Crippen molar-refractivity contribution in [1.82, 2.24) is 0 Å². The maximum absolute atomic E-state index is 6.03. The van der Waals surface area contributed by atoms with Gasteiger partial charge in [0.25, 0.3) is 0 Å². The molecule has 0 aliphatic carbocycles. The Hall–Kier alpha value is -0.725. The number of unbranched alkanes of at least 4 members (excludes halogenated alkanes) is 2. The monoisotopic (exact) mass is 224 g/mol. The average Bonchev–Trinajstić information content (AvgIpc) is 2.22. The SMILES string of the molecule is CCCC[B-]1(CCCC)OC(C)=CC(C)=[O+]1. The summed E-state index contributed by atoms with van der Waals surface area (Å²) in [5, 5.41) is 0. The molecule has 2 nitrogen and oxygen atoms in total. The van der Waals surface area contributed by atoms with Gasteiger partial charge in [-0.15, -0.1) is 0 Å². The van der Waals surface area contributed by atoms with Crippen LogP contribution in [-0.4, -0.2) is 12.3 Å². The number of allylic oxidation sites excluding steroid dienone is 2. The zero-order valence-corrected chi connectivity index (χ0v) is 11.2. The fourth-order valence-corrected chi connectivity index (χ4v) is 2.47. The van der Waals surface area contributed by atoms with Crippen molar-refractivity contribution in [2.75, 3.05) is 0 Å². The van der Waals surface area contributed by atoms with E-state index in [2.05, 4.69) is 13.8 Å². The van der Waals surface area contributed by atoms with Gasteiger partial charge in [-0.3, -0.25) is 0 Å². The average molecular weight is 224 g/mol. The van der Waals surface area contributed by atoms with Gasteiger partial charge in [-0.05, 0) is 19.6 Å². The number of rotatable bonds is 6. The molecular weight excluding hydrogens is 199 g/mol. The van der Waals surface area contributed by atoms with Crippen LogP contribution in [0.2, 0.25) is 12.6 Å². The zero-order valence-electron chi connectivity index (χ0n) is 11.2. The van der Waals surface area contributed by atoms with Crippen LogP contribution in [0, 0.1) is 0 Å². The molecule has 16 heavy (non-hydrogen) atoms. The van der Waals surface area contributed by atoms with Gasteiger partial charge in [-0.2, -0.15) is 0 Å². The maximum atomic E-state index is 6.03. The number of hydrogen-bond donors (Lipinski definition) is 0. The van der Waals surface area contributed by atoms with Crippen LogP contribution >= 0.6 is 0 Å². The molecule has 0 aromatic carbocycles. The Kier molecular flexibility index (Phi) is 5.10. The summed E-state index contributed by atoms with van der Waals surface area (Å²) in [5.74, 6) is 2.02. The van der Waals surface area contributed by atoms with Crippen LogP contribution in [0.1, 0.15) is 53.4 Å². The molecule has 0 amide bonds. The smallest absolute Gasteiger partial charge is 0.590 e. The Bertz CT molecular complexity index is 274. The van der Waals surface area contributed by atoms with E-state index in [0.717, 1.165) is 24.2 Å². The summed E-state index contributed by atoms with van der Waals surface area (Å²) >= 11 is 0. The number of ketones is 1. The first-order valence-electron chi connectivity index (χ1n) is 6.69. The van der Waals surface area contributed by atoms with Crippen molar-refractivity contribution in [1.29, 1.82) is 0 Å². The van der Waals surface area contributed by atoms with Crippen molar-refractivity contribution in [2.45, 2.75) is 66.0 Å². The summed E-state index contributed by atoms with van der Waals surface area (Å²) < 4.78 is 12.1. The molecule has 0 radical (unpaired) electrons. The van der Waals surface area contributed by atoms with E-state index in [9.17, 15) is 0 Å². The van der Waals surface area contributed by atoms with Crippen molar-refractivity contribution in [2.24, 2.45) is 0 Å². The molecule has 0 saturated carbocycles. The predicted molar refractivity (Wildman–Crippen MR) is 70.7 cm³/mol. The van der Waals surface area contributed by atoms with E-state index in [1.54, 1.807) is 0 Å². The van der Waals surface area contributed by atoms with Gasteiger partial charge >= 0.3 is 6.55 Å². The molecule has 0 bridgehead atoms. The Balaban J connectivity index is 2.75. The molecule has 0 spiro atoms. The largest absolute Gasteiger partial charge is 0.637 e. The van der Waals surface area contributed by atoms with Crippen molar-refractivity contribution in [3.8, 4) is 0 Å². The van der Waals surface area contributed by atoms with Crippen LogP contribution in [0.25, 0.3) is 0 Å². The first kappa shape index (κ1) is 13.3. The summed E-state index contributed by atoms with van der Waals surface area (Å²) in [6.07, 6.45) is 8.86. The minimum atomic E-state index is -1.09. The third kappa shape index (κ3) is 3.69. The van der Waals surface area contributed by atoms with Gasteiger partial charge in [-0.1, -0.05) is 39.5 Å². The normalized spacial score (nSPS) is 18.8. The Morgan fingerprint density at radius 2 is 1.69 bits per heavy atom. The molecule has 0 fully saturated rings. The molecule has 0 unspecified atom stereocenters. The molecule has 0 saturated heterocycles. The van der Waals surface area contributed by atoms with E-state index >= 15 is 0 Å². The summed E-state index contributed by atoms with van der Waals surface area (Å²) in [6, 6.07) is 0. The maximum Gasteiger partial charge on any atom is 0.590 e. The van der Waals surface area contributed by atoms with Gasteiger partial charge in [-0.25, -0.2) is 0 Å². The van der Waals surface area contributed by atoms with Crippen LogP contribution in [0.4, 0.5) is 0 Å². The quantitative estimate of drug-likeness (QED) is 0.491. The summed E-state index contributed by atoms with van der Waals surface area (Å²) in [5.41, 5.74) is 0. The van der Waals surface area contributed by atoms with E-state index in [4.69, 9.17) is 9.00 Å². The topological polar surface area (TPSA) is 20.5 Å². The molecule has 92 valence electrons. The minimum Gasteiger partial charge on any atom is -0.637 e. The highest BCUT2D eigenvalue weighted by molar-refractivity contribution is 6.65. The van der Waals surface area contributed by atoms with Gasteiger partial charge in [0.15, 0.2) is 0 Å². The second kappa shape index (κ2) is 6.12. The third-order valence-electron chi connectivity index (χ3n) is 3.20. The fraction of sp³-hybridized carbons (Fsp3) is 0.769. The van der Waals surface area contributed by atoms with Crippen LogP contribution in [-0.2, 0) is 9.00 Å². The molecule has 1 aliphatic heterocycles. The standard InChI is InChI=1S/C13H25BO2/c1-5-7-9-14(10-8-6-2)15-12(3)11-13(4)16-14/h11H,5-10H2,1-4H3. The van der Waals surface area contributed by atoms with Gasteiger partial charge in [0.2, 0.25) is 5.78 Å².